The molecule has 1 aromatic rings. The fourth-order valence-corrected chi connectivity index (χ4v) is 1.26. The van der Waals surface area contributed by atoms with Crippen molar-refractivity contribution in [1.82, 2.24) is 9.97 Å². The molecule has 0 saturated heterocycles. The van der Waals surface area contributed by atoms with Gasteiger partial charge < -0.3 is 10.1 Å². The number of hydrogen-bond acceptors (Lipinski definition) is 4. The molecule has 1 aromatic heterocycles. The van der Waals surface area contributed by atoms with Crippen LogP contribution in [0.1, 0.15) is 13.3 Å². The van der Waals surface area contributed by atoms with Gasteiger partial charge in [0.15, 0.2) is 0 Å². The number of hydrogen-bond donors (Lipinski definition) is 1. The second kappa shape index (κ2) is 3.70. The van der Waals surface area contributed by atoms with Gasteiger partial charge in [0.05, 0.1) is 12.1 Å². The highest BCUT2D eigenvalue weighted by molar-refractivity contribution is 5.28. The van der Waals surface area contributed by atoms with E-state index >= 15 is 0 Å². The first-order chi connectivity index (χ1) is 6.40. The number of nitrogens with zero attached hydrogens (tertiary/aromatic N) is 2. The molecule has 1 aliphatic carbocycles. The Hall–Kier alpha value is -1.16. The first-order valence-corrected chi connectivity index (χ1v) is 4.55. The molecule has 0 radical (unpaired) electrons. The van der Waals surface area contributed by atoms with Gasteiger partial charge in [-0.3, -0.25) is 0 Å². The average Bonchev–Trinajstić information content (AvgIpc) is 2.86. The SMILES string of the molecule is CCOC1CC1Nc1ncccn1. The zero-order chi connectivity index (χ0) is 9.10. The van der Waals surface area contributed by atoms with Gasteiger partial charge in [-0.25, -0.2) is 9.97 Å². The molecule has 13 heavy (non-hydrogen) atoms. The normalized spacial score (nSPS) is 25.6. The van der Waals surface area contributed by atoms with Crippen LogP contribution in [0, 0.1) is 0 Å². The molecule has 2 atom stereocenters. The van der Waals surface area contributed by atoms with Gasteiger partial charge in [0.1, 0.15) is 0 Å². The van der Waals surface area contributed by atoms with E-state index in [1.165, 1.54) is 0 Å². The predicted molar refractivity (Wildman–Crippen MR) is 49.5 cm³/mol. The number of anilines is 1. The number of ether oxygens (including phenoxy) is 1. The summed E-state index contributed by atoms with van der Waals surface area (Å²) in [6, 6.07) is 2.21. The summed E-state index contributed by atoms with van der Waals surface area (Å²) in [7, 11) is 0. The molecule has 0 spiro atoms. The zero-order valence-corrected chi connectivity index (χ0v) is 7.60. The first kappa shape index (κ1) is 8.44. The van der Waals surface area contributed by atoms with E-state index in [1.807, 2.05) is 6.92 Å². The van der Waals surface area contributed by atoms with Crippen LogP contribution in [-0.2, 0) is 4.74 Å². The Labute approximate surface area is 77.4 Å². The summed E-state index contributed by atoms with van der Waals surface area (Å²) >= 11 is 0. The van der Waals surface area contributed by atoms with Crippen LogP contribution in [0.3, 0.4) is 0 Å². The Kier molecular flexibility index (Phi) is 2.40. The van der Waals surface area contributed by atoms with Gasteiger partial charge in [-0.1, -0.05) is 0 Å². The lowest BCUT2D eigenvalue weighted by Crippen LogP contribution is -2.11. The maximum Gasteiger partial charge on any atom is 0.222 e. The zero-order valence-electron chi connectivity index (χ0n) is 7.60. The Morgan fingerprint density at radius 2 is 2.31 bits per heavy atom. The Morgan fingerprint density at radius 3 is 3.00 bits per heavy atom. The third-order valence-corrected chi connectivity index (χ3v) is 1.99. The van der Waals surface area contributed by atoms with Crippen molar-refractivity contribution in [2.24, 2.45) is 0 Å². The van der Waals surface area contributed by atoms with E-state index in [1.54, 1.807) is 18.5 Å². The maximum absolute atomic E-state index is 5.42. The monoisotopic (exact) mass is 179 g/mol. The van der Waals surface area contributed by atoms with Crippen molar-refractivity contribution in [3.8, 4) is 0 Å². The van der Waals surface area contributed by atoms with Gasteiger partial charge in [-0.15, -0.1) is 0 Å². The van der Waals surface area contributed by atoms with E-state index in [2.05, 4.69) is 15.3 Å². The lowest BCUT2D eigenvalue weighted by atomic mass is 10.6. The van der Waals surface area contributed by atoms with Crippen LogP contribution in [0.2, 0.25) is 0 Å². The third-order valence-electron chi connectivity index (χ3n) is 1.99. The van der Waals surface area contributed by atoms with Crippen molar-refractivity contribution in [3.05, 3.63) is 18.5 Å². The lowest BCUT2D eigenvalue weighted by Gasteiger charge is -2.02. The first-order valence-electron chi connectivity index (χ1n) is 4.55. The molecule has 1 fully saturated rings. The van der Waals surface area contributed by atoms with E-state index in [9.17, 15) is 0 Å². The van der Waals surface area contributed by atoms with E-state index in [0.29, 0.717) is 18.1 Å². The minimum Gasteiger partial charge on any atom is -0.376 e. The molecule has 1 saturated carbocycles. The Bertz CT molecular complexity index is 265. The highest BCUT2D eigenvalue weighted by Crippen LogP contribution is 2.27. The highest BCUT2D eigenvalue weighted by Gasteiger charge is 2.38. The van der Waals surface area contributed by atoms with Crippen molar-refractivity contribution in [2.45, 2.75) is 25.5 Å². The average molecular weight is 179 g/mol. The number of rotatable bonds is 4. The van der Waals surface area contributed by atoms with E-state index in [4.69, 9.17) is 4.74 Å². The molecule has 2 rings (SSSR count). The molecule has 1 heterocycles. The molecule has 0 amide bonds. The fourth-order valence-electron chi connectivity index (χ4n) is 1.26. The number of aromatic nitrogens is 2. The van der Waals surface area contributed by atoms with Crippen LogP contribution in [0.15, 0.2) is 18.5 Å². The van der Waals surface area contributed by atoms with Crippen LogP contribution in [0.4, 0.5) is 5.95 Å². The smallest absolute Gasteiger partial charge is 0.222 e. The minimum absolute atomic E-state index is 0.355. The van der Waals surface area contributed by atoms with E-state index in [0.717, 1.165) is 13.0 Å². The fraction of sp³-hybridized carbons (Fsp3) is 0.556. The van der Waals surface area contributed by atoms with Crippen molar-refractivity contribution >= 4 is 5.95 Å². The molecule has 4 heteroatoms. The van der Waals surface area contributed by atoms with Crippen LogP contribution in [-0.4, -0.2) is 28.7 Å². The molecular weight excluding hydrogens is 166 g/mol. The summed E-state index contributed by atoms with van der Waals surface area (Å²) in [5.41, 5.74) is 0. The third kappa shape index (κ3) is 2.15. The molecule has 0 bridgehead atoms. The van der Waals surface area contributed by atoms with Gasteiger partial charge in [0.2, 0.25) is 5.95 Å². The predicted octanol–water partition coefficient (Wildman–Crippen LogP) is 1.07. The second-order valence-electron chi connectivity index (χ2n) is 3.05. The number of nitrogens with one attached hydrogen (secondary N) is 1. The lowest BCUT2D eigenvalue weighted by molar-refractivity contribution is 0.130. The van der Waals surface area contributed by atoms with Crippen molar-refractivity contribution < 1.29 is 4.74 Å². The molecule has 70 valence electrons. The Balaban J connectivity index is 1.81. The highest BCUT2D eigenvalue weighted by atomic mass is 16.5. The van der Waals surface area contributed by atoms with Gasteiger partial charge in [-0.05, 0) is 19.4 Å². The van der Waals surface area contributed by atoms with Crippen LogP contribution in [0.25, 0.3) is 0 Å². The van der Waals surface area contributed by atoms with Crippen molar-refractivity contribution in [2.75, 3.05) is 11.9 Å². The van der Waals surface area contributed by atoms with Gasteiger partial charge in [-0.2, -0.15) is 0 Å². The summed E-state index contributed by atoms with van der Waals surface area (Å²) in [5.74, 6) is 0.690. The van der Waals surface area contributed by atoms with E-state index < -0.39 is 0 Å². The topological polar surface area (TPSA) is 47.0 Å². The summed E-state index contributed by atoms with van der Waals surface area (Å²) in [5, 5.41) is 3.20. The summed E-state index contributed by atoms with van der Waals surface area (Å²) in [6.07, 6.45) is 4.88. The summed E-state index contributed by atoms with van der Waals surface area (Å²) in [6.45, 7) is 2.78. The maximum atomic E-state index is 5.42. The molecule has 4 nitrogen and oxygen atoms in total. The molecule has 1 N–H and O–H groups in total. The molecule has 2 unspecified atom stereocenters. The van der Waals surface area contributed by atoms with Gasteiger partial charge >= 0.3 is 0 Å². The minimum atomic E-state index is 0.355. The van der Waals surface area contributed by atoms with Crippen LogP contribution in [0.5, 0.6) is 0 Å². The van der Waals surface area contributed by atoms with Gasteiger partial charge in [0.25, 0.3) is 0 Å². The van der Waals surface area contributed by atoms with E-state index in [-0.39, 0.29) is 0 Å². The largest absolute Gasteiger partial charge is 0.376 e. The molecule has 1 aliphatic rings. The summed E-state index contributed by atoms with van der Waals surface area (Å²) < 4.78 is 5.42. The molecule has 0 aromatic carbocycles. The van der Waals surface area contributed by atoms with Crippen LogP contribution < -0.4 is 5.32 Å². The van der Waals surface area contributed by atoms with Crippen LogP contribution >= 0.6 is 0 Å². The molecular formula is C9H13N3O. The van der Waals surface area contributed by atoms with Crippen molar-refractivity contribution in [1.29, 1.82) is 0 Å². The quantitative estimate of drug-likeness (QED) is 0.751. The van der Waals surface area contributed by atoms with Gasteiger partial charge in [0, 0.05) is 19.0 Å². The summed E-state index contributed by atoms with van der Waals surface area (Å²) in [4.78, 5) is 8.15. The van der Waals surface area contributed by atoms with Crippen molar-refractivity contribution in [3.63, 3.8) is 0 Å². The Morgan fingerprint density at radius 1 is 1.54 bits per heavy atom. The second-order valence-corrected chi connectivity index (χ2v) is 3.05. The molecule has 0 aliphatic heterocycles. The standard InChI is InChI=1S/C9H13N3O/c1-2-13-8-6-7(8)12-9-10-4-3-5-11-9/h3-5,7-8H,2,6H2,1H3,(H,10,11,12).